The number of rotatable bonds is 9. The average molecular weight is 303 g/mol. The van der Waals surface area contributed by atoms with Gasteiger partial charge in [0.1, 0.15) is 0 Å². The number of aliphatic hydroxyl groups is 1. The van der Waals surface area contributed by atoms with Gasteiger partial charge >= 0.3 is 0 Å². The summed E-state index contributed by atoms with van der Waals surface area (Å²) in [4.78, 5) is 0. The topological polar surface area (TPSA) is 46.2 Å². The van der Waals surface area contributed by atoms with Crippen molar-refractivity contribution >= 4 is 0 Å². The van der Waals surface area contributed by atoms with Crippen LogP contribution in [0.2, 0.25) is 0 Å². The normalized spacial score (nSPS) is 24.8. The monoisotopic (exact) mass is 303 g/mol. The van der Waals surface area contributed by atoms with Crippen LogP contribution < -0.4 is 5.73 Å². The average Bonchev–Trinajstić information content (AvgIpc) is 2.94. The number of aryl methyl sites for hydroxylation is 1. The van der Waals surface area contributed by atoms with E-state index in [0.29, 0.717) is 5.92 Å². The fraction of sp³-hybridized carbons (Fsp3) is 0.700. The molecule has 0 aromatic heterocycles. The molecule has 2 heteroatoms. The lowest BCUT2D eigenvalue weighted by atomic mass is 9.83. The Morgan fingerprint density at radius 1 is 1.09 bits per heavy atom. The summed E-state index contributed by atoms with van der Waals surface area (Å²) in [7, 11) is 0. The summed E-state index contributed by atoms with van der Waals surface area (Å²) in [6.07, 6.45) is 12.5. The molecule has 1 aromatic rings. The summed E-state index contributed by atoms with van der Waals surface area (Å²) < 4.78 is 0. The Balaban J connectivity index is 1.80. The van der Waals surface area contributed by atoms with Crippen LogP contribution in [0.15, 0.2) is 24.3 Å². The third-order valence-corrected chi connectivity index (χ3v) is 5.32. The maximum Gasteiger partial charge on any atom is 0.0617 e. The molecule has 124 valence electrons. The van der Waals surface area contributed by atoms with Crippen LogP contribution in [0.1, 0.15) is 81.8 Å². The molecule has 0 bridgehead atoms. The van der Waals surface area contributed by atoms with Gasteiger partial charge in [0.25, 0.3) is 0 Å². The molecular formula is C20H33NO. The van der Waals surface area contributed by atoms with Crippen molar-refractivity contribution in [2.45, 2.75) is 82.6 Å². The van der Waals surface area contributed by atoms with Crippen molar-refractivity contribution in [3.05, 3.63) is 35.4 Å². The van der Waals surface area contributed by atoms with E-state index in [1.165, 1.54) is 56.1 Å². The van der Waals surface area contributed by atoms with Crippen molar-refractivity contribution in [1.29, 1.82) is 0 Å². The fourth-order valence-electron chi connectivity index (χ4n) is 3.81. The summed E-state index contributed by atoms with van der Waals surface area (Å²) in [5.74, 6) is 0.320. The minimum Gasteiger partial charge on any atom is -0.394 e. The summed E-state index contributed by atoms with van der Waals surface area (Å²) >= 11 is 0. The highest BCUT2D eigenvalue weighted by Gasteiger charge is 2.39. The predicted octanol–water partition coefficient (Wildman–Crippen LogP) is 4.55. The van der Waals surface area contributed by atoms with E-state index in [9.17, 15) is 5.11 Å². The van der Waals surface area contributed by atoms with Gasteiger partial charge < -0.3 is 10.8 Å². The van der Waals surface area contributed by atoms with E-state index in [1.54, 1.807) is 0 Å². The molecule has 0 spiro atoms. The minimum atomic E-state index is -0.402. The summed E-state index contributed by atoms with van der Waals surface area (Å²) in [6.45, 7) is 2.36. The molecule has 0 saturated heterocycles. The molecule has 2 atom stereocenters. The van der Waals surface area contributed by atoms with Gasteiger partial charge in [-0.2, -0.15) is 0 Å². The molecule has 0 radical (unpaired) electrons. The van der Waals surface area contributed by atoms with Crippen LogP contribution in [0, 0.1) is 0 Å². The van der Waals surface area contributed by atoms with E-state index >= 15 is 0 Å². The van der Waals surface area contributed by atoms with Crippen molar-refractivity contribution in [2.24, 2.45) is 5.73 Å². The molecule has 2 nitrogen and oxygen atoms in total. The zero-order valence-corrected chi connectivity index (χ0v) is 14.2. The Bertz CT molecular complexity index is 428. The largest absolute Gasteiger partial charge is 0.394 e. The van der Waals surface area contributed by atoms with Gasteiger partial charge in [-0.1, -0.05) is 69.7 Å². The molecule has 1 fully saturated rings. The Labute approximate surface area is 136 Å². The smallest absolute Gasteiger partial charge is 0.0617 e. The van der Waals surface area contributed by atoms with Crippen LogP contribution in [-0.4, -0.2) is 17.3 Å². The van der Waals surface area contributed by atoms with Gasteiger partial charge in [-0.25, -0.2) is 0 Å². The Morgan fingerprint density at radius 2 is 1.77 bits per heavy atom. The number of benzene rings is 1. The standard InChI is InChI=1S/C20H33NO/c1-2-3-4-5-6-7-9-17-11-13-18(14-12-17)19-10-8-15-20(19,21)16-22/h11-14,19,22H,2-10,15-16,21H2,1H3. The highest BCUT2D eigenvalue weighted by atomic mass is 16.3. The van der Waals surface area contributed by atoms with Crippen LogP contribution in [-0.2, 0) is 6.42 Å². The van der Waals surface area contributed by atoms with E-state index in [0.717, 1.165) is 19.3 Å². The Hall–Kier alpha value is -0.860. The third-order valence-electron chi connectivity index (χ3n) is 5.32. The van der Waals surface area contributed by atoms with E-state index in [4.69, 9.17) is 5.73 Å². The minimum absolute atomic E-state index is 0.0944. The SMILES string of the molecule is CCCCCCCCc1ccc(C2CCCC2(N)CO)cc1. The molecule has 3 N–H and O–H groups in total. The van der Waals surface area contributed by atoms with Crippen LogP contribution in [0.25, 0.3) is 0 Å². The van der Waals surface area contributed by atoms with Crippen molar-refractivity contribution in [3.63, 3.8) is 0 Å². The molecule has 1 saturated carbocycles. The molecule has 2 rings (SSSR count). The molecule has 1 aliphatic rings. The van der Waals surface area contributed by atoms with Crippen molar-refractivity contribution in [1.82, 2.24) is 0 Å². The van der Waals surface area contributed by atoms with Crippen molar-refractivity contribution in [2.75, 3.05) is 6.61 Å². The first-order valence-electron chi connectivity index (χ1n) is 9.18. The first-order chi connectivity index (χ1) is 10.7. The van der Waals surface area contributed by atoms with Gasteiger partial charge in [-0.15, -0.1) is 0 Å². The van der Waals surface area contributed by atoms with E-state index in [2.05, 4.69) is 31.2 Å². The number of unbranched alkanes of at least 4 members (excludes halogenated alkanes) is 5. The second kappa shape index (κ2) is 8.69. The van der Waals surface area contributed by atoms with Gasteiger partial charge in [0.05, 0.1) is 6.61 Å². The van der Waals surface area contributed by atoms with E-state index < -0.39 is 5.54 Å². The maximum absolute atomic E-state index is 9.59. The summed E-state index contributed by atoms with van der Waals surface area (Å²) in [6, 6.07) is 8.99. The van der Waals surface area contributed by atoms with Gasteiger partial charge in [-0.05, 0) is 36.8 Å². The van der Waals surface area contributed by atoms with Crippen LogP contribution in [0.3, 0.4) is 0 Å². The van der Waals surface area contributed by atoms with Crippen LogP contribution in [0.4, 0.5) is 0 Å². The predicted molar refractivity (Wildman–Crippen MR) is 94.1 cm³/mol. The first kappa shape index (κ1) is 17.5. The quantitative estimate of drug-likeness (QED) is 0.658. The Morgan fingerprint density at radius 3 is 2.45 bits per heavy atom. The Kier molecular flexibility index (Phi) is 6.91. The lowest BCUT2D eigenvalue weighted by molar-refractivity contribution is 0.185. The summed E-state index contributed by atoms with van der Waals surface area (Å²) in [5.41, 5.74) is 8.70. The molecular weight excluding hydrogens is 270 g/mol. The van der Waals surface area contributed by atoms with Gasteiger partial charge in [0, 0.05) is 11.5 Å². The van der Waals surface area contributed by atoms with Gasteiger partial charge in [-0.3, -0.25) is 0 Å². The molecule has 1 aromatic carbocycles. The zero-order valence-electron chi connectivity index (χ0n) is 14.2. The number of hydrogen-bond acceptors (Lipinski definition) is 2. The highest BCUT2D eigenvalue weighted by molar-refractivity contribution is 5.29. The lowest BCUT2D eigenvalue weighted by Gasteiger charge is -2.29. The second-order valence-corrected chi connectivity index (χ2v) is 7.10. The summed E-state index contributed by atoms with van der Waals surface area (Å²) in [5, 5.41) is 9.59. The molecule has 0 aliphatic heterocycles. The number of nitrogens with two attached hydrogens (primary N) is 1. The van der Waals surface area contributed by atoms with Gasteiger partial charge in [0.2, 0.25) is 0 Å². The number of aliphatic hydroxyl groups excluding tert-OH is 1. The van der Waals surface area contributed by atoms with Crippen LogP contribution in [0.5, 0.6) is 0 Å². The maximum atomic E-state index is 9.59. The molecule has 22 heavy (non-hydrogen) atoms. The molecule has 1 aliphatic carbocycles. The van der Waals surface area contributed by atoms with Gasteiger partial charge in [0.15, 0.2) is 0 Å². The lowest BCUT2D eigenvalue weighted by Crippen LogP contribution is -2.45. The second-order valence-electron chi connectivity index (χ2n) is 7.10. The molecule has 0 amide bonds. The highest BCUT2D eigenvalue weighted by Crippen LogP contribution is 2.40. The number of hydrogen-bond donors (Lipinski definition) is 2. The van der Waals surface area contributed by atoms with Crippen molar-refractivity contribution < 1.29 is 5.11 Å². The fourth-order valence-corrected chi connectivity index (χ4v) is 3.81. The molecule has 0 heterocycles. The van der Waals surface area contributed by atoms with E-state index in [-0.39, 0.29) is 6.61 Å². The van der Waals surface area contributed by atoms with Crippen molar-refractivity contribution in [3.8, 4) is 0 Å². The first-order valence-corrected chi connectivity index (χ1v) is 9.18. The third kappa shape index (κ3) is 4.57. The molecule has 2 unspecified atom stereocenters. The van der Waals surface area contributed by atoms with E-state index in [1.807, 2.05) is 0 Å². The van der Waals surface area contributed by atoms with Crippen LogP contribution >= 0.6 is 0 Å². The zero-order chi connectivity index (χ0) is 15.8.